The normalized spacial score (nSPS) is 27.4. The van der Waals surface area contributed by atoms with Crippen molar-refractivity contribution in [2.24, 2.45) is 15.9 Å². The first-order valence-corrected chi connectivity index (χ1v) is 12.1. The summed E-state index contributed by atoms with van der Waals surface area (Å²) in [7, 11) is -2.00. The van der Waals surface area contributed by atoms with Gasteiger partial charge in [0, 0.05) is 37.0 Å². The summed E-state index contributed by atoms with van der Waals surface area (Å²) in [5.74, 6) is -0.438. The Balaban J connectivity index is 1.65. The molecule has 3 aliphatic heterocycles. The molecule has 2 aromatic carbocycles. The average molecular weight is 457 g/mol. The second kappa shape index (κ2) is 7.75. The van der Waals surface area contributed by atoms with E-state index in [0.717, 1.165) is 11.3 Å². The molecule has 1 unspecified atom stereocenters. The predicted octanol–water partition coefficient (Wildman–Crippen LogP) is 2.83. The van der Waals surface area contributed by atoms with E-state index in [-0.39, 0.29) is 35.6 Å². The van der Waals surface area contributed by atoms with Gasteiger partial charge in [-0.2, -0.15) is 4.31 Å². The van der Waals surface area contributed by atoms with Crippen LogP contribution in [0.5, 0.6) is 0 Å². The van der Waals surface area contributed by atoms with E-state index >= 15 is 0 Å². The summed E-state index contributed by atoms with van der Waals surface area (Å²) in [4.78, 5) is 10.2. The number of aliphatic imine (C=N–C) groups is 2. The second-order valence-corrected chi connectivity index (χ2v) is 10.3. The molecule has 0 bridgehead atoms. The van der Waals surface area contributed by atoms with Gasteiger partial charge in [-0.25, -0.2) is 22.8 Å². The summed E-state index contributed by atoms with van der Waals surface area (Å²) < 4.78 is 42.9. The first kappa shape index (κ1) is 21.2. The molecular weight excluding hydrogens is 431 g/mol. The summed E-state index contributed by atoms with van der Waals surface area (Å²) in [5, 5.41) is 9.96. The van der Waals surface area contributed by atoms with Crippen LogP contribution in [0.3, 0.4) is 0 Å². The predicted molar refractivity (Wildman–Crippen MR) is 123 cm³/mol. The van der Waals surface area contributed by atoms with Gasteiger partial charge in [0.2, 0.25) is 0 Å². The molecule has 4 atom stereocenters. The van der Waals surface area contributed by atoms with Gasteiger partial charge in [0.05, 0.1) is 24.7 Å². The van der Waals surface area contributed by atoms with E-state index in [1.165, 1.54) is 16.6 Å². The maximum atomic E-state index is 14.5. The molecule has 0 saturated carbocycles. The minimum atomic E-state index is -3.91. The maximum Gasteiger partial charge on any atom is 0.278 e. The van der Waals surface area contributed by atoms with Crippen LogP contribution in [0.2, 0.25) is 0 Å². The van der Waals surface area contributed by atoms with Gasteiger partial charge < -0.3 is 10.0 Å². The molecule has 3 heterocycles. The molecule has 0 aliphatic carbocycles. The number of hydrogen-bond donors (Lipinski definition) is 1. The molecule has 3 aliphatic rings. The fourth-order valence-corrected chi connectivity index (χ4v) is 6.81. The van der Waals surface area contributed by atoms with E-state index in [0.29, 0.717) is 24.1 Å². The van der Waals surface area contributed by atoms with E-state index in [2.05, 4.69) is 9.98 Å². The lowest BCUT2D eigenvalue weighted by Crippen LogP contribution is -2.48. The first-order valence-electron chi connectivity index (χ1n) is 10.7. The number of hydrogen-bond acceptors (Lipinski definition) is 6. The van der Waals surface area contributed by atoms with Crippen LogP contribution >= 0.6 is 0 Å². The number of benzene rings is 2. The molecule has 1 N–H and O–H groups in total. The van der Waals surface area contributed by atoms with E-state index in [9.17, 15) is 17.9 Å². The summed E-state index contributed by atoms with van der Waals surface area (Å²) >= 11 is 0. The van der Waals surface area contributed by atoms with Gasteiger partial charge >= 0.3 is 0 Å². The van der Waals surface area contributed by atoms with Gasteiger partial charge in [0.25, 0.3) is 15.2 Å². The van der Waals surface area contributed by atoms with Crippen molar-refractivity contribution in [3.05, 3.63) is 53.8 Å². The molecule has 1 saturated heterocycles. The lowest BCUT2D eigenvalue weighted by Gasteiger charge is -2.44. The Morgan fingerprint density at radius 3 is 2.69 bits per heavy atom. The molecule has 1 fully saturated rings. The molecule has 7 nitrogen and oxygen atoms in total. The highest BCUT2D eigenvalue weighted by Gasteiger charge is 2.51. The van der Waals surface area contributed by atoms with Crippen molar-refractivity contribution in [1.82, 2.24) is 4.31 Å². The number of sulfonamides is 1. The molecule has 0 radical (unpaired) electrons. The van der Waals surface area contributed by atoms with Crippen molar-refractivity contribution in [1.29, 1.82) is 0 Å². The summed E-state index contributed by atoms with van der Waals surface area (Å²) in [6, 6.07) is 11.2. The number of nitrogens with zero attached hydrogens (tertiary/aromatic N) is 4. The van der Waals surface area contributed by atoms with Gasteiger partial charge in [-0.3, -0.25) is 0 Å². The molecule has 32 heavy (non-hydrogen) atoms. The fraction of sp³-hybridized carbons (Fsp3) is 0.391. The monoisotopic (exact) mass is 456 g/mol. The van der Waals surface area contributed by atoms with E-state index in [1.807, 2.05) is 30.1 Å². The molecular formula is C23H25FN4O3S. The fourth-order valence-electron chi connectivity index (χ4n) is 5.19. The molecule has 0 spiro atoms. The lowest BCUT2D eigenvalue weighted by molar-refractivity contribution is 0.193. The SMILES string of the molecule is CC1C=NC(S(=O)(=O)N2CC[C@@H]3[C@H](CO)N(C)c4ccc(-c5ccccc5F)cc4[C@@H]32)=N1. The highest BCUT2D eigenvalue weighted by Crippen LogP contribution is 2.50. The highest BCUT2D eigenvalue weighted by molar-refractivity contribution is 8.04. The van der Waals surface area contributed by atoms with E-state index < -0.39 is 16.1 Å². The van der Waals surface area contributed by atoms with Gasteiger partial charge in [-0.05, 0) is 42.7 Å². The number of aliphatic hydroxyl groups is 1. The molecule has 168 valence electrons. The van der Waals surface area contributed by atoms with Crippen molar-refractivity contribution in [2.75, 3.05) is 25.1 Å². The third-order valence-corrected chi connectivity index (χ3v) is 8.44. The lowest BCUT2D eigenvalue weighted by atomic mass is 9.81. The standard InChI is InChI=1S/C23H25FN4O3S/c1-14-12-25-23(26-14)32(30,31)28-10-9-17-21(13-29)27(2)20-8-7-15(11-18(20)22(17)28)16-5-3-4-6-19(16)24/h3-8,11-12,14,17,21-22,29H,9-10,13H2,1-2H3/t14?,17-,21+,22-/m1/s1. The highest BCUT2D eigenvalue weighted by atomic mass is 32.2. The van der Waals surface area contributed by atoms with Crippen molar-refractivity contribution in [3.63, 3.8) is 0 Å². The quantitative estimate of drug-likeness (QED) is 0.770. The Hall–Kier alpha value is -2.62. The van der Waals surface area contributed by atoms with Crippen molar-refractivity contribution < 1.29 is 17.9 Å². The summed E-state index contributed by atoms with van der Waals surface area (Å²) in [6.45, 7) is 2.01. The van der Waals surface area contributed by atoms with Gasteiger partial charge in [-0.15, -0.1) is 0 Å². The van der Waals surface area contributed by atoms with Crippen LogP contribution in [0.1, 0.15) is 24.9 Å². The summed E-state index contributed by atoms with van der Waals surface area (Å²) in [6.07, 6.45) is 2.13. The number of fused-ring (bicyclic) bond motifs is 3. The zero-order valence-electron chi connectivity index (χ0n) is 17.9. The van der Waals surface area contributed by atoms with Crippen LogP contribution in [0.25, 0.3) is 11.1 Å². The Kier molecular flexibility index (Phi) is 5.15. The molecule has 5 rings (SSSR count). The minimum absolute atomic E-state index is 0.0871. The van der Waals surface area contributed by atoms with Crippen LogP contribution in [-0.2, 0) is 10.0 Å². The van der Waals surface area contributed by atoms with E-state index in [1.54, 1.807) is 25.1 Å². The number of aliphatic hydroxyl groups excluding tert-OH is 1. The van der Waals surface area contributed by atoms with Crippen LogP contribution in [0.4, 0.5) is 10.1 Å². The molecule has 9 heteroatoms. The zero-order chi connectivity index (χ0) is 22.6. The largest absolute Gasteiger partial charge is 0.394 e. The Bertz CT molecular complexity index is 1230. The topological polar surface area (TPSA) is 85.6 Å². The van der Waals surface area contributed by atoms with Crippen LogP contribution < -0.4 is 4.90 Å². The number of rotatable bonds is 3. The number of likely N-dealkylation sites (N-methyl/N-ethyl adjacent to an activating group) is 1. The van der Waals surface area contributed by atoms with Gasteiger partial charge in [-0.1, -0.05) is 24.3 Å². The first-order chi connectivity index (χ1) is 15.3. The number of anilines is 1. The van der Waals surface area contributed by atoms with Crippen molar-refractivity contribution in [2.45, 2.75) is 31.5 Å². The molecule has 0 amide bonds. The van der Waals surface area contributed by atoms with Crippen LogP contribution in [-0.4, -0.2) is 61.5 Å². The van der Waals surface area contributed by atoms with Gasteiger partial charge in [0.15, 0.2) is 0 Å². The van der Waals surface area contributed by atoms with Crippen molar-refractivity contribution in [3.8, 4) is 11.1 Å². The Labute approximate surface area is 187 Å². The van der Waals surface area contributed by atoms with Gasteiger partial charge in [0.1, 0.15) is 5.82 Å². The average Bonchev–Trinajstić information content (AvgIpc) is 3.42. The zero-order valence-corrected chi connectivity index (χ0v) is 18.7. The number of halogens is 1. The van der Waals surface area contributed by atoms with E-state index in [4.69, 9.17) is 0 Å². The second-order valence-electron chi connectivity index (χ2n) is 8.56. The smallest absolute Gasteiger partial charge is 0.278 e. The van der Waals surface area contributed by atoms with Crippen LogP contribution in [0, 0.1) is 11.7 Å². The van der Waals surface area contributed by atoms with Crippen LogP contribution in [0.15, 0.2) is 52.4 Å². The molecule has 0 aromatic heterocycles. The maximum absolute atomic E-state index is 14.5. The van der Waals surface area contributed by atoms with Crippen molar-refractivity contribution >= 4 is 27.1 Å². The summed E-state index contributed by atoms with van der Waals surface area (Å²) in [5.41, 5.74) is 2.78. The Morgan fingerprint density at radius 2 is 2.00 bits per heavy atom. The minimum Gasteiger partial charge on any atom is -0.394 e. The third kappa shape index (κ3) is 3.18. The molecule has 2 aromatic rings. The Morgan fingerprint density at radius 1 is 1.22 bits per heavy atom. The number of amidine groups is 1. The third-order valence-electron chi connectivity index (χ3n) is 6.74.